The third-order valence-electron chi connectivity index (χ3n) is 5.74. The third kappa shape index (κ3) is 6.03. The zero-order valence-electron chi connectivity index (χ0n) is 17.5. The molecule has 0 radical (unpaired) electrons. The fourth-order valence-electron chi connectivity index (χ4n) is 4.03. The lowest BCUT2D eigenvalue weighted by atomic mass is 10.1. The van der Waals surface area contributed by atoms with Crippen molar-refractivity contribution in [3.8, 4) is 0 Å². The van der Waals surface area contributed by atoms with Gasteiger partial charge in [0, 0.05) is 23.2 Å². The van der Waals surface area contributed by atoms with E-state index in [2.05, 4.69) is 5.32 Å². The summed E-state index contributed by atoms with van der Waals surface area (Å²) in [4.78, 5) is 27.8. The van der Waals surface area contributed by atoms with E-state index in [0.717, 1.165) is 25.7 Å². The van der Waals surface area contributed by atoms with E-state index in [4.69, 9.17) is 11.6 Å². The van der Waals surface area contributed by atoms with Gasteiger partial charge in [0.05, 0.1) is 6.42 Å². The van der Waals surface area contributed by atoms with E-state index in [1.165, 1.54) is 35.2 Å². The van der Waals surface area contributed by atoms with Crippen molar-refractivity contribution >= 4 is 23.4 Å². The largest absolute Gasteiger partial charge is 0.352 e. The molecule has 1 saturated carbocycles. The van der Waals surface area contributed by atoms with Gasteiger partial charge in [-0.2, -0.15) is 0 Å². The van der Waals surface area contributed by atoms with Crippen LogP contribution >= 0.6 is 11.6 Å². The summed E-state index contributed by atoms with van der Waals surface area (Å²) >= 11 is 6.11. The molecule has 0 aromatic heterocycles. The molecular weight excluding hydrogens is 422 g/mol. The zero-order valence-corrected chi connectivity index (χ0v) is 18.3. The molecule has 4 nitrogen and oxygen atoms in total. The Morgan fingerprint density at radius 2 is 1.81 bits per heavy atom. The second-order valence-electron chi connectivity index (χ2n) is 7.94. The summed E-state index contributed by atoms with van der Waals surface area (Å²) in [6.07, 6.45) is 4.14. The number of nitrogens with one attached hydrogen (secondary N) is 1. The molecule has 0 saturated heterocycles. The van der Waals surface area contributed by atoms with E-state index in [1.54, 1.807) is 12.1 Å². The van der Waals surface area contributed by atoms with Crippen molar-refractivity contribution < 1.29 is 18.4 Å². The van der Waals surface area contributed by atoms with E-state index in [0.29, 0.717) is 12.0 Å². The summed E-state index contributed by atoms with van der Waals surface area (Å²) in [6, 6.07) is 9.43. The van der Waals surface area contributed by atoms with Gasteiger partial charge < -0.3 is 10.2 Å². The van der Waals surface area contributed by atoms with E-state index in [1.807, 2.05) is 6.92 Å². The lowest BCUT2D eigenvalue weighted by Crippen LogP contribution is -2.51. The van der Waals surface area contributed by atoms with Crippen LogP contribution in [0.15, 0.2) is 42.5 Å². The van der Waals surface area contributed by atoms with Gasteiger partial charge >= 0.3 is 0 Å². The van der Waals surface area contributed by atoms with Crippen molar-refractivity contribution in [3.63, 3.8) is 0 Å². The van der Waals surface area contributed by atoms with Gasteiger partial charge in [0.15, 0.2) is 0 Å². The van der Waals surface area contributed by atoms with Gasteiger partial charge in [-0.05, 0) is 49.1 Å². The molecule has 1 aliphatic rings. The molecule has 0 bridgehead atoms. The Balaban J connectivity index is 1.85. The molecule has 2 aromatic carbocycles. The van der Waals surface area contributed by atoms with Crippen molar-refractivity contribution in [1.29, 1.82) is 0 Å². The second-order valence-corrected chi connectivity index (χ2v) is 8.35. The molecule has 2 aromatic rings. The highest BCUT2D eigenvalue weighted by molar-refractivity contribution is 6.31. The SMILES string of the molecule is CC[C@H](C(=O)NC1CCCC1)N(Cc1ccc(F)cc1)C(=O)Cc1c(F)cccc1Cl. The van der Waals surface area contributed by atoms with E-state index in [9.17, 15) is 18.4 Å². The van der Waals surface area contributed by atoms with Crippen molar-refractivity contribution in [2.24, 2.45) is 0 Å². The summed E-state index contributed by atoms with van der Waals surface area (Å²) < 4.78 is 27.6. The van der Waals surface area contributed by atoms with Crippen LogP contribution in [0.2, 0.25) is 5.02 Å². The molecule has 0 heterocycles. The standard InChI is InChI=1S/C24H27ClF2N2O2/c1-2-22(24(31)28-18-6-3-4-7-18)29(15-16-10-12-17(26)13-11-16)23(30)14-19-20(25)8-5-9-21(19)27/h5,8-13,18,22H,2-4,6-7,14-15H2,1H3,(H,28,31)/t22-/m1/s1. The average Bonchev–Trinajstić information content (AvgIpc) is 3.25. The van der Waals surface area contributed by atoms with Crippen molar-refractivity contribution in [2.45, 2.75) is 64.1 Å². The number of hydrogen-bond acceptors (Lipinski definition) is 2. The Labute approximate surface area is 186 Å². The molecule has 2 amide bonds. The average molecular weight is 449 g/mol. The summed E-state index contributed by atoms with van der Waals surface area (Å²) in [7, 11) is 0. The molecule has 31 heavy (non-hydrogen) atoms. The predicted molar refractivity (Wildman–Crippen MR) is 117 cm³/mol. The first-order valence-corrected chi connectivity index (χ1v) is 11.0. The van der Waals surface area contributed by atoms with Crippen LogP contribution in [0.25, 0.3) is 0 Å². The molecule has 1 fully saturated rings. The Bertz CT molecular complexity index is 894. The van der Waals surface area contributed by atoms with Crippen LogP contribution in [0.3, 0.4) is 0 Å². The first-order chi connectivity index (χ1) is 14.9. The Morgan fingerprint density at radius 1 is 1.13 bits per heavy atom. The fraction of sp³-hybridized carbons (Fsp3) is 0.417. The van der Waals surface area contributed by atoms with Gasteiger partial charge in [-0.3, -0.25) is 9.59 Å². The summed E-state index contributed by atoms with van der Waals surface area (Å²) in [5, 5.41) is 3.22. The molecule has 0 aliphatic heterocycles. The van der Waals surface area contributed by atoms with E-state index < -0.39 is 17.8 Å². The summed E-state index contributed by atoms with van der Waals surface area (Å²) in [5.41, 5.74) is 0.783. The minimum Gasteiger partial charge on any atom is -0.352 e. The second kappa shape index (κ2) is 10.7. The van der Waals surface area contributed by atoms with Crippen LogP contribution in [-0.4, -0.2) is 28.8 Å². The molecular formula is C24H27ClF2N2O2. The van der Waals surface area contributed by atoms with Gasteiger partial charge in [-0.15, -0.1) is 0 Å². The highest BCUT2D eigenvalue weighted by atomic mass is 35.5. The summed E-state index contributed by atoms with van der Waals surface area (Å²) in [6.45, 7) is 1.95. The maximum Gasteiger partial charge on any atom is 0.243 e. The monoisotopic (exact) mass is 448 g/mol. The smallest absolute Gasteiger partial charge is 0.243 e. The number of rotatable bonds is 8. The first-order valence-electron chi connectivity index (χ1n) is 10.7. The number of carbonyl (C=O) groups is 2. The maximum atomic E-state index is 14.3. The minimum atomic E-state index is -0.719. The van der Waals surface area contributed by atoms with E-state index in [-0.39, 0.29) is 41.3 Å². The van der Waals surface area contributed by atoms with Crippen LogP contribution in [0, 0.1) is 11.6 Å². The lowest BCUT2D eigenvalue weighted by Gasteiger charge is -2.31. The van der Waals surface area contributed by atoms with Crippen LogP contribution in [0.4, 0.5) is 8.78 Å². The van der Waals surface area contributed by atoms with Crippen molar-refractivity contribution in [2.75, 3.05) is 0 Å². The van der Waals surface area contributed by atoms with Crippen molar-refractivity contribution in [3.05, 3.63) is 70.2 Å². The lowest BCUT2D eigenvalue weighted by molar-refractivity contribution is -0.141. The Hall–Kier alpha value is -2.47. The Kier molecular flexibility index (Phi) is 8.02. The Morgan fingerprint density at radius 3 is 2.42 bits per heavy atom. The molecule has 0 spiro atoms. The van der Waals surface area contributed by atoms with Gasteiger partial charge in [0.25, 0.3) is 0 Å². The first kappa shape index (κ1) is 23.2. The number of hydrogen-bond donors (Lipinski definition) is 1. The number of carbonyl (C=O) groups excluding carboxylic acids is 2. The van der Waals surface area contributed by atoms with Crippen LogP contribution in [0.5, 0.6) is 0 Å². The summed E-state index contributed by atoms with van der Waals surface area (Å²) in [5.74, 6) is -1.58. The third-order valence-corrected chi connectivity index (χ3v) is 6.10. The van der Waals surface area contributed by atoms with Gasteiger partial charge in [-0.25, -0.2) is 8.78 Å². The number of amides is 2. The maximum absolute atomic E-state index is 14.3. The number of nitrogens with zero attached hydrogens (tertiary/aromatic N) is 1. The molecule has 166 valence electrons. The highest BCUT2D eigenvalue weighted by Gasteiger charge is 2.31. The van der Waals surface area contributed by atoms with Gasteiger partial charge in [-0.1, -0.05) is 49.6 Å². The van der Waals surface area contributed by atoms with Crippen LogP contribution in [0.1, 0.15) is 50.2 Å². The van der Waals surface area contributed by atoms with Crippen molar-refractivity contribution in [1.82, 2.24) is 10.2 Å². The molecule has 1 N–H and O–H groups in total. The molecule has 0 unspecified atom stereocenters. The number of benzene rings is 2. The molecule has 1 atom stereocenters. The van der Waals surface area contributed by atoms with Crippen LogP contribution < -0.4 is 5.32 Å². The van der Waals surface area contributed by atoms with Gasteiger partial charge in [0.1, 0.15) is 17.7 Å². The quantitative estimate of drug-likeness (QED) is 0.616. The molecule has 3 rings (SSSR count). The topological polar surface area (TPSA) is 49.4 Å². The molecule has 7 heteroatoms. The molecule has 1 aliphatic carbocycles. The van der Waals surface area contributed by atoms with E-state index >= 15 is 0 Å². The number of halogens is 3. The highest BCUT2D eigenvalue weighted by Crippen LogP contribution is 2.23. The normalized spacial score (nSPS) is 15.0. The zero-order chi connectivity index (χ0) is 22.4. The van der Waals surface area contributed by atoms with Crippen LogP contribution in [-0.2, 0) is 22.6 Å². The predicted octanol–water partition coefficient (Wildman–Crippen LogP) is 5.03. The van der Waals surface area contributed by atoms with Gasteiger partial charge in [0.2, 0.25) is 11.8 Å². The fourth-order valence-corrected chi connectivity index (χ4v) is 4.26. The minimum absolute atomic E-state index is 0.101.